The molecule has 0 atom stereocenters. The molecule has 0 fully saturated rings. The first-order chi connectivity index (χ1) is 7.63. The number of phenols is 1. The lowest BCUT2D eigenvalue weighted by atomic mass is 10.3. The fourth-order valence-electron chi connectivity index (χ4n) is 0.966. The number of esters is 1. The molecule has 1 amide bonds. The van der Waals surface area contributed by atoms with Crippen LogP contribution in [0, 0.1) is 0 Å². The SMILES string of the molecule is COC(=O)/C=C/C(=O)Nc1ccccc1O. The number of methoxy groups -OCH3 is 1. The molecule has 1 aromatic carbocycles. The zero-order valence-corrected chi connectivity index (χ0v) is 8.64. The third kappa shape index (κ3) is 3.45. The standard InChI is InChI=1S/C11H11NO4/c1-16-11(15)7-6-10(14)12-8-4-2-3-5-9(8)13/h2-7,13H,1H3,(H,12,14)/b7-6+. The fraction of sp³-hybridized carbons (Fsp3) is 0.0909. The van der Waals surface area contributed by atoms with Crippen molar-refractivity contribution >= 4 is 17.6 Å². The molecule has 0 unspecified atom stereocenters. The average Bonchev–Trinajstić information content (AvgIpc) is 2.29. The van der Waals surface area contributed by atoms with E-state index in [4.69, 9.17) is 0 Å². The minimum Gasteiger partial charge on any atom is -0.506 e. The predicted molar refractivity (Wildman–Crippen MR) is 57.9 cm³/mol. The van der Waals surface area contributed by atoms with Crippen molar-refractivity contribution in [3.8, 4) is 5.75 Å². The summed E-state index contributed by atoms with van der Waals surface area (Å²) in [6.45, 7) is 0. The third-order valence-corrected chi connectivity index (χ3v) is 1.73. The first kappa shape index (κ1) is 11.8. The molecule has 0 radical (unpaired) electrons. The van der Waals surface area contributed by atoms with E-state index in [9.17, 15) is 14.7 Å². The van der Waals surface area contributed by atoms with E-state index < -0.39 is 11.9 Å². The molecule has 1 aromatic rings. The summed E-state index contributed by atoms with van der Waals surface area (Å²) in [5.74, 6) is -1.18. The highest BCUT2D eigenvalue weighted by Crippen LogP contribution is 2.21. The number of rotatable bonds is 3. The fourth-order valence-corrected chi connectivity index (χ4v) is 0.966. The van der Waals surface area contributed by atoms with Crippen molar-refractivity contribution in [2.75, 3.05) is 12.4 Å². The number of para-hydroxylation sites is 2. The van der Waals surface area contributed by atoms with Crippen LogP contribution in [0.2, 0.25) is 0 Å². The van der Waals surface area contributed by atoms with Crippen LogP contribution >= 0.6 is 0 Å². The molecule has 0 aliphatic carbocycles. The quantitative estimate of drug-likeness (QED) is 0.454. The van der Waals surface area contributed by atoms with Gasteiger partial charge in [0.05, 0.1) is 12.8 Å². The van der Waals surface area contributed by atoms with Crippen molar-refractivity contribution in [1.29, 1.82) is 0 Å². The van der Waals surface area contributed by atoms with Gasteiger partial charge in [0.1, 0.15) is 5.75 Å². The summed E-state index contributed by atoms with van der Waals surface area (Å²) in [7, 11) is 1.22. The van der Waals surface area contributed by atoms with Crippen molar-refractivity contribution in [1.82, 2.24) is 0 Å². The third-order valence-electron chi connectivity index (χ3n) is 1.73. The molecule has 5 heteroatoms. The molecule has 0 bridgehead atoms. The van der Waals surface area contributed by atoms with Crippen LogP contribution in [0.3, 0.4) is 0 Å². The number of hydrogen-bond acceptors (Lipinski definition) is 4. The second kappa shape index (κ2) is 5.55. The number of amides is 1. The molecule has 0 aliphatic rings. The normalized spacial score (nSPS) is 10.1. The van der Waals surface area contributed by atoms with Crippen LogP contribution < -0.4 is 5.32 Å². The molecule has 5 nitrogen and oxygen atoms in total. The van der Waals surface area contributed by atoms with Gasteiger partial charge >= 0.3 is 5.97 Å². The molecular weight excluding hydrogens is 210 g/mol. The number of nitrogens with one attached hydrogen (secondary N) is 1. The number of benzene rings is 1. The van der Waals surface area contributed by atoms with Gasteiger partial charge in [-0.25, -0.2) is 4.79 Å². The lowest BCUT2D eigenvalue weighted by molar-refractivity contribution is -0.135. The Morgan fingerprint density at radius 2 is 2.00 bits per heavy atom. The summed E-state index contributed by atoms with van der Waals surface area (Å²) in [6.07, 6.45) is 2.02. The molecule has 0 spiro atoms. The molecule has 1 rings (SSSR count). The zero-order chi connectivity index (χ0) is 12.0. The summed E-state index contributed by atoms with van der Waals surface area (Å²) >= 11 is 0. The number of carbonyl (C=O) groups is 2. The monoisotopic (exact) mass is 221 g/mol. The van der Waals surface area contributed by atoms with Crippen molar-refractivity contribution in [2.45, 2.75) is 0 Å². The molecule has 0 heterocycles. The van der Waals surface area contributed by atoms with E-state index in [1.165, 1.54) is 13.2 Å². The number of phenolic OH excluding ortho intramolecular Hbond substituents is 1. The minimum atomic E-state index is -0.618. The summed E-state index contributed by atoms with van der Waals surface area (Å²) in [4.78, 5) is 22.0. The molecule has 0 aliphatic heterocycles. The van der Waals surface area contributed by atoms with Gasteiger partial charge in [0.2, 0.25) is 5.91 Å². The van der Waals surface area contributed by atoms with Gasteiger partial charge in [-0.3, -0.25) is 4.79 Å². The Bertz CT molecular complexity index is 426. The van der Waals surface area contributed by atoms with E-state index in [1.807, 2.05) is 0 Å². The van der Waals surface area contributed by atoms with Crippen molar-refractivity contribution < 1.29 is 19.4 Å². The number of aromatic hydroxyl groups is 1. The molecule has 0 aromatic heterocycles. The first-order valence-corrected chi connectivity index (χ1v) is 4.48. The van der Waals surface area contributed by atoms with E-state index in [1.54, 1.807) is 18.2 Å². The number of anilines is 1. The molecule has 16 heavy (non-hydrogen) atoms. The van der Waals surface area contributed by atoms with E-state index in [0.29, 0.717) is 0 Å². The van der Waals surface area contributed by atoms with E-state index in [2.05, 4.69) is 10.1 Å². The van der Waals surface area contributed by atoms with Crippen LogP contribution in [0.5, 0.6) is 5.75 Å². The number of carbonyl (C=O) groups excluding carboxylic acids is 2. The van der Waals surface area contributed by atoms with E-state index in [0.717, 1.165) is 12.2 Å². The maximum absolute atomic E-state index is 11.3. The Hall–Kier alpha value is -2.30. The zero-order valence-electron chi connectivity index (χ0n) is 8.64. The predicted octanol–water partition coefficient (Wildman–Crippen LogP) is 1.06. The Morgan fingerprint density at radius 3 is 2.62 bits per heavy atom. The highest BCUT2D eigenvalue weighted by Gasteiger charge is 2.02. The van der Waals surface area contributed by atoms with Crippen molar-refractivity contribution in [3.63, 3.8) is 0 Å². The van der Waals surface area contributed by atoms with E-state index >= 15 is 0 Å². The van der Waals surface area contributed by atoms with Gasteiger partial charge in [-0.15, -0.1) is 0 Å². The molecule has 2 N–H and O–H groups in total. The topological polar surface area (TPSA) is 75.6 Å². The average molecular weight is 221 g/mol. The van der Waals surface area contributed by atoms with Crippen LogP contribution in [-0.2, 0) is 14.3 Å². The van der Waals surface area contributed by atoms with Gasteiger partial charge in [0, 0.05) is 12.2 Å². The second-order valence-corrected chi connectivity index (χ2v) is 2.86. The largest absolute Gasteiger partial charge is 0.506 e. The Labute approximate surface area is 92.3 Å². The van der Waals surface area contributed by atoms with Gasteiger partial charge in [-0.05, 0) is 12.1 Å². The smallest absolute Gasteiger partial charge is 0.330 e. The lowest BCUT2D eigenvalue weighted by Gasteiger charge is -2.03. The van der Waals surface area contributed by atoms with Gasteiger partial charge in [0.15, 0.2) is 0 Å². The Kier molecular flexibility index (Phi) is 4.08. The molecule has 84 valence electrons. The highest BCUT2D eigenvalue weighted by atomic mass is 16.5. The first-order valence-electron chi connectivity index (χ1n) is 4.48. The molecular formula is C11H11NO4. The maximum Gasteiger partial charge on any atom is 0.330 e. The van der Waals surface area contributed by atoms with Gasteiger partial charge in [0.25, 0.3) is 0 Å². The Balaban J connectivity index is 2.62. The second-order valence-electron chi connectivity index (χ2n) is 2.86. The van der Waals surface area contributed by atoms with Crippen LogP contribution in [0.15, 0.2) is 36.4 Å². The van der Waals surface area contributed by atoms with Crippen LogP contribution in [0.25, 0.3) is 0 Å². The molecule has 0 saturated heterocycles. The summed E-state index contributed by atoms with van der Waals surface area (Å²) in [5, 5.41) is 11.8. The molecule has 0 saturated carbocycles. The van der Waals surface area contributed by atoms with Crippen molar-refractivity contribution in [3.05, 3.63) is 36.4 Å². The van der Waals surface area contributed by atoms with Gasteiger partial charge < -0.3 is 15.2 Å². The Morgan fingerprint density at radius 1 is 1.31 bits per heavy atom. The van der Waals surface area contributed by atoms with Gasteiger partial charge in [-0.1, -0.05) is 12.1 Å². The van der Waals surface area contributed by atoms with Crippen LogP contribution in [-0.4, -0.2) is 24.1 Å². The number of ether oxygens (including phenoxy) is 1. The van der Waals surface area contributed by atoms with Crippen LogP contribution in [0.4, 0.5) is 5.69 Å². The van der Waals surface area contributed by atoms with Gasteiger partial charge in [-0.2, -0.15) is 0 Å². The lowest BCUT2D eigenvalue weighted by Crippen LogP contribution is -2.09. The van der Waals surface area contributed by atoms with Crippen molar-refractivity contribution in [2.24, 2.45) is 0 Å². The minimum absolute atomic E-state index is 0.0395. The number of hydrogen-bond donors (Lipinski definition) is 2. The summed E-state index contributed by atoms with van der Waals surface area (Å²) in [6, 6.07) is 6.29. The summed E-state index contributed by atoms with van der Waals surface area (Å²) in [5.41, 5.74) is 0.280. The van der Waals surface area contributed by atoms with E-state index in [-0.39, 0.29) is 11.4 Å². The maximum atomic E-state index is 11.3. The summed E-state index contributed by atoms with van der Waals surface area (Å²) < 4.78 is 4.32. The van der Waals surface area contributed by atoms with Crippen LogP contribution in [0.1, 0.15) is 0 Å². The highest BCUT2D eigenvalue weighted by molar-refractivity contribution is 6.03.